The number of aliphatic hydroxyl groups is 1. The molecule has 1 saturated heterocycles. The Morgan fingerprint density at radius 1 is 1.03 bits per heavy atom. The van der Waals surface area contributed by atoms with Gasteiger partial charge in [-0.2, -0.15) is 0 Å². The summed E-state index contributed by atoms with van der Waals surface area (Å²) in [6.07, 6.45) is 1.53. The van der Waals surface area contributed by atoms with Gasteiger partial charge >= 0.3 is 0 Å². The van der Waals surface area contributed by atoms with Gasteiger partial charge in [-0.15, -0.1) is 0 Å². The molecule has 188 valence electrons. The molecule has 1 aromatic heterocycles. The van der Waals surface area contributed by atoms with Crippen LogP contribution in [-0.2, 0) is 16.1 Å². The van der Waals surface area contributed by atoms with Crippen LogP contribution in [0.5, 0.6) is 5.75 Å². The highest BCUT2D eigenvalue weighted by Crippen LogP contribution is 2.41. The molecule has 1 unspecified atom stereocenters. The molecule has 4 rings (SSSR count). The molecular weight excluding hydrogens is 454 g/mol. The van der Waals surface area contributed by atoms with E-state index in [1.807, 2.05) is 51.1 Å². The standard InChI is InChI=1S/C30H33NO5/c1-6-35-25-14-13-22(16-24(25)19(4)5)28(32)26-27(21-11-9-20(10-12-21)18(2)3)31(30(34)29(26)33)17-23-8-7-15-36-23/h7-16,18-19,27,32H,6,17H2,1-5H3/b28-26-. The molecule has 3 aromatic rings. The monoisotopic (exact) mass is 487 g/mol. The number of furan rings is 1. The minimum absolute atomic E-state index is 0.0720. The molecule has 6 heteroatoms. The van der Waals surface area contributed by atoms with E-state index in [9.17, 15) is 14.7 Å². The third-order valence-corrected chi connectivity index (χ3v) is 6.57. The molecule has 1 atom stereocenters. The van der Waals surface area contributed by atoms with E-state index in [-0.39, 0.29) is 23.8 Å². The number of ether oxygens (including phenoxy) is 1. The molecule has 1 aliphatic rings. The Balaban J connectivity index is 1.86. The fraction of sp³-hybridized carbons (Fsp3) is 0.333. The summed E-state index contributed by atoms with van der Waals surface area (Å²) in [5.74, 6) is 0.204. The zero-order valence-electron chi connectivity index (χ0n) is 21.4. The maximum Gasteiger partial charge on any atom is 0.296 e. The van der Waals surface area contributed by atoms with Crippen molar-refractivity contribution in [1.82, 2.24) is 4.90 Å². The number of amides is 1. The molecule has 0 spiro atoms. The molecular formula is C30H33NO5. The van der Waals surface area contributed by atoms with Gasteiger partial charge in [0.1, 0.15) is 17.3 Å². The van der Waals surface area contributed by atoms with Crippen LogP contribution in [0.1, 0.15) is 80.5 Å². The van der Waals surface area contributed by atoms with Gasteiger partial charge in [0.05, 0.1) is 31.0 Å². The third kappa shape index (κ3) is 4.81. The van der Waals surface area contributed by atoms with Crippen molar-refractivity contribution in [2.75, 3.05) is 6.61 Å². The maximum absolute atomic E-state index is 13.3. The lowest BCUT2D eigenvalue weighted by molar-refractivity contribution is -0.140. The van der Waals surface area contributed by atoms with Gasteiger partial charge in [0.2, 0.25) is 0 Å². The van der Waals surface area contributed by atoms with Crippen LogP contribution in [0.2, 0.25) is 0 Å². The van der Waals surface area contributed by atoms with E-state index >= 15 is 0 Å². The highest BCUT2D eigenvalue weighted by Gasteiger charge is 2.46. The molecule has 1 N–H and O–H groups in total. The predicted octanol–water partition coefficient (Wildman–Crippen LogP) is 6.55. The van der Waals surface area contributed by atoms with E-state index in [1.165, 1.54) is 11.2 Å². The average molecular weight is 488 g/mol. The first-order valence-corrected chi connectivity index (χ1v) is 12.4. The highest BCUT2D eigenvalue weighted by atomic mass is 16.5. The van der Waals surface area contributed by atoms with E-state index in [0.717, 1.165) is 22.4 Å². The lowest BCUT2D eigenvalue weighted by Crippen LogP contribution is -2.29. The molecule has 0 bridgehead atoms. The smallest absolute Gasteiger partial charge is 0.296 e. The predicted molar refractivity (Wildman–Crippen MR) is 139 cm³/mol. The summed E-state index contributed by atoms with van der Waals surface area (Å²) in [7, 11) is 0. The summed E-state index contributed by atoms with van der Waals surface area (Å²) in [6.45, 7) is 10.9. The van der Waals surface area contributed by atoms with E-state index in [1.54, 1.807) is 24.3 Å². The van der Waals surface area contributed by atoms with Crippen molar-refractivity contribution in [2.24, 2.45) is 0 Å². The van der Waals surface area contributed by atoms with Crippen LogP contribution >= 0.6 is 0 Å². The first-order chi connectivity index (χ1) is 17.2. The minimum atomic E-state index is -0.745. The fourth-order valence-corrected chi connectivity index (χ4v) is 4.61. The number of carbonyl (C=O) groups is 2. The van der Waals surface area contributed by atoms with Crippen LogP contribution in [0.3, 0.4) is 0 Å². The number of hydrogen-bond donors (Lipinski definition) is 1. The van der Waals surface area contributed by atoms with E-state index in [4.69, 9.17) is 9.15 Å². The van der Waals surface area contributed by atoms with Crippen molar-refractivity contribution in [2.45, 2.75) is 59.0 Å². The van der Waals surface area contributed by atoms with Gasteiger partial charge < -0.3 is 19.2 Å². The Labute approximate surface area is 212 Å². The molecule has 1 aliphatic heterocycles. The summed E-state index contributed by atoms with van der Waals surface area (Å²) in [4.78, 5) is 28.0. The Hall–Kier alpha value is -3.80. The minimum Gasteiger partial charge on any atom is -0.507 e. The van der Waals surface area contributed by atoms with Gasteiger partial charge in [-0.1, -0.05) is 52.0 Å². The second-order valence-electron chi connectivity index (χ2n) is 9.67. The molecule has 2 aromatic carbocycles. The Bertz CT molecular complexity index is 1270. The van der Waals surface area contributed by atoms with Gasteiger partial charge in [-0.05, 0) is 65.8 Å². The summed E-state index contributed by atoms with van der Waals surface area (Å²) in [6, 6.07) is 16.0. The largest absolute Gasteiger partial charge is 0.507 e. The van der Waals surface area contributed by atoms with Crippen LogP contribution in [0.15, 0.2) is 70.9 Å². The summed E-state index contributed by atoms with van der Waals surface area (Å²) < 4.78 is 11.2. The lowest BCUT2D eigenvalue weighted by atomic mass is 9.92. The number of Topliss-reactive ketones (excluding diaryl/α,β-unsaturated/α-hetero) is 1. The number of ketones is 1. The van der Waals surface area contributed by atoms with Crippen molar-refractivity contribution in [3.05, 3.63) is 94.4 Å². The van der Waals surface area contributed by atoms with Gasteiger partial charge in [-0.3, -0.25) is 9.59 Å². The summed E-state index contributed by atoms with van der Waals surface area (Å²) in [5, 5.41) is 11.5. The zero-order valence-corrected chi connectivity index (χ0v) is 21.4. The normalized spacial score (nSPS) is 17.4. The Kier molecular flexibility index (Phi) is 7.34. The number of nitrogens with zero attached hydrogens (tertiary/aromatic N) is 1. The molecule has 0 radical (unpaired) electrons. The van der Waals surface area contributed by atoms with Crippen molar-refractivity contribution in [3.63, 3.8) is 0 Å². The van der Waals surface area contributed by atoms with E-state index in [0.29, 0.717) is 23.8 Å². The lowest BCUT2D eigenvalue weighted by Gasteiger charge is -2.25. The second-order valence-corrected chi connectivity index (χ2v) is 9.67. The van der Waals surface area contributed by atoms with Gasteiger partial charge in [-0.25, -0.2) is 0 Å². The maximum atomic E-state index is 13.3. The molecule has 1 fully saturated rings. The SMILES string of the molecule is CCOc1ccc(/C(O)=C2/C(=O)C(=O)N(Cc3ccco3)C2c2ccc(C(C)C)cc2)cc1C(C)C. The van der Waals surface area contributed by atoms with Crippen molar-refractivity contribution < 1.29 is 23.8 Å². The number of benzene rings is 2. The van der Waals surface area contributed by atoms with Gasteiger partial charge in [0.15, 0.2) is 0 Å². The molecule has 0 aliphatic carbocycles. The Morgan fingerprint density at radius 3 is 2.33 bits per heavy atom. The molecule has 0 saturated carbocycles. The zero-order chi connectivity index (χ0) is 26.0. The average Bonchev–Trinajstić information content (AvgIpc) is 3.46. The van der Waals surface area contributed by atoms with Crippen LogP contribution in [0.4, 0.5) is 0 Å². The number of aliphatic hydroxyl groups excluding tert-OH is 1. The van der Waals surface area contributed by atoms with Crippen molar-refractivity contribution >= 4 is 17.4 Å². The Morgan fingerprint density at radius 2 is 1.75 bits per heavy atom. The molecule has 6 nitrogen and oxygen atoms in total. The summed E-state index contributed by atoms with van der Waals surface area (Å²) in [5.41, 5.74) is 3.37. The van der Waals surface area contributed by atoms with Crippen molar-refractivity contribution in [1.29, 1.82) is 0 Å². The quantitative estimate of drug-likeness (QED) is 0.221. The van der Waals surface area contributed by atoms with Gasteiger partial charge in [0, 0.05) is 5.56 Å². The fourth-order valence-electron chi connectivity index (χ4n) is 4.61. The number of rotatable bonds is 8. The van der Waals surface area contributed by atoms with E-state index < -0.39 is 17.7 Å². The molecule has 36 heavy (non-hydrogen) atoms. The topological polar surface area (TPSA) is 80.0 Å². The van der Waals surface area contributed by atoms with Crippen LogP contribution in [0.25, 0.3) is 5.76 Å². The number of carbonyl (C=O) groups excluding carboxylic acids is 2. The third-order valence-electron chi connectivity index (χ3n) is 6.57. The second kappa shape index (κ2) is 10.4. The molecule has 1 amide bonds. The van der Waals surface area contributed by atoms with Crippen LogP contribution < -0.4 is 4.74 Å². The number of hydrogen-bond acceptors (Lipinski definition) is 5. The highest BCUT2D eigenvalue weighted by molar-refractivity contribution is 6.46. The van der Waals surface area contributed by atoms with Crippen LogP contribution in [0, 0.1) is 0 Å². The van der Waals surface area contributed by atoms with Crippen LogP contribution in [-0.4, -0.2) is 28.3 Å². The van der Waals surface area contributed by atoms with E-state index in [2.05, 4.69) is 13.8 Å². The molecule has 2 heterocycles. The van der Waals surface area contributed by atoms with Gasteiger partial charge in [0.25, 0.3) is 11.7 Å². The first kappa shape index (κ1) is 25.3. The van der Waals surface area contributed by atoms with Crippen molar-refractivity contribution in [3.8, 4) is 5.75 Å². The number of likely N-dealkylation sites (tertiary alicyclic amines) is 1. The first-order valence-electron chi connectivity index (χ1n) is 12.4. The summed E-state index contributed by atoms with van der Waals surface area (Å²) >= 11 is 0.